The number of hydrogen-bond donors (Lipinski definition) is 0. The van der Waals surface area contributed by atoms with Crippen LogP contribution in [0.4, 0.5) is 0 Å². The highest BCUT2D eigenvalue weighted by Crippen LogP contribution is 2.34. The van der Waals surface area contributed by atoms with Crippen molar-refractivity contribution in [1.29, 1.82) is 0 Å². The van der Waals surface area contributed by atoms with Crippen LogP contribution >= 0.6 is 11.3 Å². The number of carbonyl (C=O) groups excluding carboxylic acids is 1. The van der Waals surface area contributed by atoms with Crippen molar-refractivity contribution >= 4 is 23.3 Å². The van der Waals surface area contributed by atoms with E-state index >= 15 is 0 Å². The molecule has 0 bridgehead atoms. The number of carbonyl (C=O) groups is 1. The molecule has 160 valence electrons. The van der Waals surface area contributed by atoms with Crippen molar-refractivity contribution in [3.05, 3.63) is 52.2 Å². The van der Waals surface area contributed by atoms with Crippen molar-refractivity contribution in [3.8, 4) is 11.5 Å². The minimum Gasteiger partial charge on any atom is -0.493 e. The van der Waals surface area contributed by atoms with Gasteiger partial charge in [-0.25, -0.2) is 0 Å². The van der Waals surface area contributed by atoms with Crippen LogP contribution in [-0.4, -0.2) is 30.1 Å². The average Bonchev–Trinajstić information content (AvgIpc) is 3.52. The number of rotatable bonds is 8. The average molecular weight is 426 g/mol. The number of ether oxygens (including phenoxy) is 2. The first-order valence-corrected chi connectivity index (χ1v) is 12.0. The van der Waals surface area contributed by atoms with Crippen molar-refractivity contribution in [2.75, 3.05) is 7.11 Å². The molecule has 0 unspecified atom stereocenters. The zero-order valence-electron chi connectivity index (χ0n) is 17.7. The van der Waals surface area contributed by atoms with Gasteiger partial charge in [-0.2, -0.15) is 0 Å². The number of methoxy groups -OCH3 is 1. The summed E-state index contributed by atoms with van der Waals surface area (Å²) >= 11 is 1.64. The molecule has 1 aromatic carbocycles. The summed E-state index contributed by atoms with van der Waals surface area (Å²) in [6.07, 6.45) is 13.3. The Kier molecular flexibility index (Phi) is 7.11. The molecule has 2 aromatic rings. The molecule has 1 aromatic heterocycles. The molecule has 0 spiro atoms. The second-order valence-corrected chi connectivity index (χ2v) is 9.24. The van der Waals surface area contributed by atoms with Crippen LogP contribution < -0.4 is 9.47 Å². The van der Waals surface area contributed by atoms with Gasteiger partial charge in [-0.15, -0.1) is 11.3 Å². The molecule has 1 heterocycles. The summed E-state index contributed by atoms with van der Waals surface area (Å²) in [5, 5.41) is 2.02. The van der Waals surface area contributed by atoms with E-state index < -0.39 is 0 Å². The van der Waals surface area contributed by atoms with Crippen LogP contribution in [-0.2, 0) is 11.3 Å². The molecule has 2 aliphatic carbocycles. The van der Waals surface area contributed by atoms with Crippen LogP contribution in [0.2, 0.25) is 0 Å². The molecular weight excluding hydrogens is 394 g/mol. The predicted octanol–water partition coefficient (Wildman–Crippen LogP) is 6.06. The molecular formula is C25H31NO3S. The summed E-state index contributed by atoms with van der Waals surface area (Å²) in [6.45, 7) is 0.600. The Bertz CT molecular complexity index is 849. The fourth-order valence-corrected chi connectivity index (χ4v) is 4.67. The molecule has 0 saturated heterocycles. The monoisotopic (exact) mass is 425 g/mol. The van der Waals surface area contributed by atoms with E-state index in [4.69, 9.17) is 9.47 Å². The first-order chi connectivity index (χ1) is 14.7. The summed E-state index contributed by atoms with van der Waals surface area (Å²) in [4.78, 5) is 16.0. The summed E-state index contributed by atoms with van der Waals surface area (Å²) in [5.41, 5.74) is 1.09. The molecule has 2 saturated carbocycles. The number of hydrogen-bond acceptors (Lipinski definition) is 4. The van der Waals surface area contributed by atoms with E-state index in [-0.39, 0.29) is 12.0 Å². The van der Waals surface area contributed by atoms with Crippen molar-refractivity contribution in [1.82, 2.24) is 4.90 Å². The third-order valence-corrected chi connectivity index (χ3v) is 6.72. The van der Waals surface area contributed by atoms with Gasteiger partial charge in [-0.05, 0) is 73.7 Å². The van der Waals surface area contributed by atoms with Gasteiger partial charge in [0, 0.05) is 23.5 Å². The minimum atomic E-state index is 0.0768. The molecule has 2 fully saturated rings. The highest BCUT2D eigenvalue weighted by atomic mass is 32.1. The van der Waals surface area contributed by atoms with Crippen LogP contribution in [0.1, 0.15) is 61.8 Å². The van der Waals surface area contributed by atoms with Crippen LogP contribution in [0.25, 0.3) is 6.08 Å². The Morgan fingerprint density at radius 2 is 1.90 bits per heavy atom. The number of amides is 1. The fourth-order valence-electron chi connectivity index (χ4n) is 4.06. The Balaban J connectivity index is 1.47. The Labute approximate surface area is 183 Å². The van der Waals surface area contributed by atoms with Gasteiger partial charge in [0.15, 0.2) is 11.5 Å². The van der Waals surface area contributed by atoms with Crippen molar-refractivity contribution in [2.24, 2.45) is 0 Å². The van der Waals surface area contributed by atoms with Gasteiger partial charge in [-0.1, -0.05) is 25.0 Å². The lowest BCUT2D eigenvalue weighted by Crippen LogP contribution is -2.31. The lowest BCUT2D eigenvalue weighted by Gasteiger charge is -2.23. The lowest BCUT2D eigenvalue weighted by atomic mass is 10.1. The summed E-state index contributed by atoms with van der Waals surface area (Å²) < 4.78 is 11.9. The maximum atomic E-state index is 12.9. The number of benzene rings is 1. The largest absolute Gasteiger partial charge is 0.493 e. The quantitative estimate of drug-likeness (QED) is 0.381. The second kappa shape index (κ2) is 10.2. The van der Waals surface area contributed by atoms with E-state index in [0.29, 0.717) is 12.6 Å². The normalized spacial score (nSPS) is 17.6. The zero-order chi connectivity index (χ0) is 20.8. The standard InChI is InChI=1S/C25H31NO3S/c1-28-23-14-10-19(17-24(23)29-21-7-4-2-3-5-8-21)18-26(20-11-12-20)25(27)15-13-22-9-6-16-30-22/h6,9-10,13-17,20-21H,2-5,7-8,11-12,18H2,1H3. The van der Waals surface area contributed by atoms with Gasteiger partial charge in [0.25, 0.3) is 0 Å². The number of nitrogens with zero attached hydrogens (tertiary/aromatic N) is 1. The maximum Gasteiger partial charge on any atom is 0.247 e. The summed E-state index contributed by atoms with van der Waals surface area (Å²) in [5.74, 6) is 1.65. The summed E-state index contributed by atoms with van der Waals surface area (Å²) in [7, 11) is 1.68. The van der Waals surface area contributed by atoms with E-state index in [0.717, 1.165) is 47.6 Å². The van der Waals surface area contributed by atoms with Crippen LogP contribution in [0.15, 0.2) is 41.8 Å². The molecule has 0 aliphatic heterocycles. The fraction of sp³-hybridized carbons (Fsp3) is 0.480. The van der Waals surface area contributed by atoms with Gasteiger partial charge in [0.2, 0.25) is 5.91 Å². The van der Waals surface area contributed by atoms with Crippen LogP contribution in [0.5, 0.6) is 11.5 Å². The molecule has 0 radical (unpaired) electrons. The highest BCUT2D eigenvalue weighted by Gasteiger charge is 2.31. The molecule has 0 N–H and O–H groups in total. The maximum absolute atomic E-state index is 12.9. The van der Waals surface area contributed by atoms with E-state index in [2.05, 4.69) is 6.07 Å². The van der Waals surface area contributed by atoms with Crippen molar-refractivity contribution < 1.29 is 14.3 Å². The second-order valence-electron chi connectivity index (χ2n) is 8.26. The van der Waals surface area contributed by atoms with Crippen LogP contribution in [0.3, 0.4) is 0 Å². The topological polar surface area (TPSA) is 38.8 Å². The molecule has 4 rings (SSSR count). The van der Waals surface area contributed by atoms with E-state index in [9.17, 15) is 4.79 Å². The Morgan fingerprint density at radius 1 is 1.10 bits per heavy atom. The van der Waals surface area contributed by atoms with Crippen LogP contribution in [0, 0.1) is 0 Å². The Morgan fingerprint density at radius 3 is 2.57 bits per heavy atom. The van der Waals surface area contributed by atoms with E-state index in [1.807, 2.05) is 40.6 Å². The molecule has 30 heavy (non-hydrogen) atoms. The predicted molar refractivity (Wildman–Crippen MR) is 122 cm³/mol. The van der Waals surface area contributed by atoms with Crippen molar-refractivity contribution in [3.63, 3.8) is 0 Å². The third kappa shape index (κ3) is 5.66. The van der Waals surface area contributed by atoms with Gasteiger partial charge in [0.1, 0.15) is 0 Å². The van der Waals surface area contributed by atoms with Gasteiger partial charge in [-0.3, -0.25) is 4.79 Å². The van der Waals surface area contributed by atoms with E-state index in [1.54, 1.807) is 24.5 Å². The molecule has 1 amide bonds. The van der Waals surface area contributed by atoms with Gasteiger partial charge in [0.05, 0.1) is 13.2 Å². The Hall–Kier alpha value is -2.27. The van der Waals surface area contributed by atoms with Gasteiger partial charge < -0.3 is 14.4 Å². The molecule has 5 heteroatoms. The van der Waals surface area contributed by atoms with E-state index in [1.165, 1.54) is 25.7 Å². The lowest BCUT2D eigenvalue weighted by molar-refractivity contribution is -0.127. The number of thiophene rings is 1. The summed E-state index contributed by atoms with van der Waals surface area (Å²) in [6, 6.07) is 10.5. The zero-order valence-corrected chi connectivity index (χ0v) is 18.5. The van der Waals surface area contributed by atoms with Gasteiger partial charge >= 0.3 is 0 Å². The highest BCUT2D eigenvalue weighted by molar-refractivity contribution is 7.10. The van der Waals surface area contributed by atoms with Crippen molar-refractivity contribution in [2.45, 2.75) is 70.1 Å². The molecule has 4 nitrogen and oxygen atoms in total. The molecule has 0 atom stereocenters. The SMILES string of the molecule is COc1ccc(CN(C(=O)C=Cc2cccs2)C2CC2)cc1OC1CCCCCC1. The first-order valence-electron chi connectivity index (χ1n) is 11.1. The third-order valence-electron chi connectivity index (χ3n) is 5.88. The smallest absolute Gasteiger partial charge is 0.247 e. The first kappa shape index (κ1) is 21.0. The minimum absolute atomic E-state index is 0.0768. The molecule has 2 aliphatic rings.